The van der Waals surface area contributed by atoms with Gasteiger partial charge in [0.05, 0.1) is 11.0 Å². The van der Waals surface area contributed by atoms with Gasteiger partial charge in [-0.25, -0.2) is 9.18 Å². The van der Waals surface area contributed by atoms with Crippen molar-refractivity contribution in [3.05, 3.63) is 51.5 Å². The van der Waals surface area contributed by atoms with Crippen LogP contribution in [0.3, 0.4) is 0 Å². The predicted octanol–water partition coefficient (Wildman–Crippen LogP) is 2.32. The van der Waals surface area contributed by atoms with Gasteiger partial charge in [0.25, 0.3) is 5.69 Å². The van der Waals surface area contributed by atoms with E-state index in [2.05, 4.69) is 10.2 Å². The van der Waals surface area contributed by atoms with Crippen LogP contribution in [0.5, 0.6) is 11.6 Å². The number of carboxylic acids is 1. The van der Waals surface area contributed by atoms with Crippen LogP contribution in [0.15, 0.2) is 24.3 Å². The number of nitrogens with zero attached hydrogens (tertiary/aromatic N) is 3. The Labute approximate surface area is 117 Å². The second kappa shape index (κ2) is 5.49. The molecule has 0 amide bonds. The van der Waals surface area contributed by atoms with Crippen LogP contribution in [0.1, 0.15) is 16.1 Å². The Bertz CT molecular complexity index is 718. The van der Waals surface area contributed by atoms with Crippen molar-refractivity contribution in [2.75, 3.05) is 0 Å². The van der Waals surface area contributed by atoms with E-state index in [1.54, 1.807) is 0 Å². The molecule has 0 bridgehead atoms. The number of nitro groups is 1. The van der Waals surface area contributed by atoms with Gasteiger partial charge in [0.15, 0.2) is 17.3 Å². The lowest BCUT2D eigenvalue weighted by Gasteiger charge is -2.06. The largest absolute Gasteiger partial charge is 0.476 e. The van der Waals surface area contributed by atoms with Crippen LogP contribution >= 0.6 is 0 Å². The number of aromatic nitrogens is 2. The molecule has 0 saturated carbocycles. The molecule has 1 aromatic carbocycles. The summed E-state index contributed by atoms with van der Waals surface area (Å²) in [4.78, 5) is 20.6. The minimum atomic E-state index is -1.26. The molecule has 0 aliphatic heterocycles. The Hall–Kier alpha value is -3.10. The first kappa shape index (κ1) is 14.3. The van der Waals surface area contributed by atoms with Gasteiger partial charge < -0.3 is 9.84 Å². The van der Waals surface area contributed by atoms with Crippen molar-refractivity contribution in [3.63, 3.8) is 0 Å². The highest BCUT2D eigenvalue weighted by molar-refractivity contribution is 5.84. The van der Waals surface area contributed by atoms with E-state index in [1.807, 2.05) is 0 Å². The summed E-state index contributed by atoms with van der Waals surface area (Å²) in [6.07, 6.45) is 0. The van der Waals surface area contributed by atoms with E-state index in [0.717, 1.165) is 18.2 Å². The molecule has 0 fully saturated rings. The van der Waals surface area contributed by atoms with Crippen LogP contribution < -0.4 is 4.74 Å². The van der Waals surface area contributed by atoms with Gasteiger partial charge in [0.1, 0.15) is 0 Å². The van der Waals surface area contributed by atoms with Gasteiger partial charge in [-0.1, -0.05) is 0 Å². The zero-order valence-corrected chi connectivity index (χ0v) is 10.6. The van der Waals surface area contributed by atoms with Gasteiger partial charge in [0.2, 0.25) is 5.88 Å². The molecule has 1 heterocycles. The molecular formula is C12H8FN3O5. The maximum absolute atomic E-state index is 13.7. The second-order valence-electron chi connectivity index (χ2n) is 3.99. The molecule has 0 saturated heterocycles. The summed E-state index contributed by atoms with van der Waals surface area (Å²) in [6, 6.07) is 4.23. The average Bonchev–Trinajstić information content (AvgIpc) is 2.42. The van der Waals surface area contributed by atoms with Gasteiger partial charge in [-0.3, -0.25) is 10.1 Å². The molecule has 8 nitrogen and oxygen atoms in total. The lowest BCUT2D eigenvalue weighted by Crippen LogP contribution is -2.02. The third-order valence-corrected chi connectivity index (χ3v) is 2.52. The summed E-state index contributed by atoms with van der Waals surface area (Å²) >= 11 is 0. The first-order valence-electron chi connectivity index (χ1n) is 5.58. The van der Waals surface area contributed by atoms with Crippen LogP contribution in [0.4, 0.5) is 10.1 Å². The van der Waals surface area contributed by atoms with E-state index < -0.39 is 16.7 Å². The molecule has 1 N–H and O–H groups in total. The third kappa shape index (κ3) is 3.08. The Morgan fingerprint density at radius 1 is 1.38 bits per heavy atom. The molecular weight excluding hydrogens is 285 g/mol. The smallest absolute Gasteiger partial charge is 0.356 e. The van der Waals surface area contributed by atoms with Crippen LogP contribution in [-0.2, 0) is 0 Å². The SMILES string of the molecule is Cc1cc(Oc2ccc(C(=O)O)nn2)c(F)cc1[N+](=O)[O-]. The second-order valence-corrected chi connectivity index (χ2v) is 3.99. The Morgan fingerprint density at radius 2 is 2.10 bits per heavy atom. The summed E-state index contributed by atoms with van der Waals surface area (Å²) in [5.74, 6) is -2.59. The number of aryl methyl sites for hydroxylation is 1. The summed E-state index contributed by atoms with van der Waals surface area (Å²) in [6.45, 7) is 1.43. The highest BCUT2D eigenvalue weighted by atomic mass is 19.1. The van der Waals surface area contributed by atoms with Crippen molar-refractivity contribution in [3.8, 4) is 11.6 Å². The normalized spacial score (nSPS) is 10.2. The van der Waals surface area contributed by atoms with Crippen molar-refractivity contribution in [2.45, 2.75) is 6.92 Å². The fourth-order valence-corrected chi connectivity index (χ4v) is 1.52. The molecule has 2 aromatic rings. The van der Waals surface area contributed by atoms with Crippen molar-refractivity contribution >= 4 is 11.7 Å². The Morgan fingerprint density at radius 3 is 2.62 bits per heavy atom. The molecule has 21 heavy (non-hydrogen) atoms. The number of benzene rings is 1. The quantitative estimate of drug-likeness (QED) is 0.679. The van der Waals surface area contributed by atoms with Crippen LogP contribution in [-0.4, -0.2) is 26.2 Å². The monoisotopic (exact) mass is 293 g/mol. The highest BCUT2D eigenvalue weighted by Crippen LogP contribution is 2.29. The van der Waals surface area contributed by atoms with Crippen molar-refractivity contribution in [2.24, 2.45) is 0 Å². The number of ether oxygens (including phenoxy) is 1. The van der Waals surface area contributed by atoms with Crippen LogP contribution in [0.2, 0.25) is 0 Å². The summed E-state index contributed by atoms with van der Waals surface area (Å²) in [7, 11) is 0. The molecule has 0 atom stereocenters. The summed E-state index contributed by atoms with van der Waals surface area (Å²) in [5, 5.41) is 26.2. The molecule has 0 spiro atoms. The molecule has 0 radical (unpaired) electrons. The first-order chi connectivity index (χ1) is 9.88. The predicted molar refractivity (Wildman–Crippen MR) is 66.9 cm³/mol. The van der Waals surface area contributed by atoms with E-state index in [0.29, 0.717) is 0 Å². The molecule has 1 aromatic heterocycles. The number of carbonyl (C=O) groups is 1. The molecule has 2 rings (SSSR count). The van der Waals surface area contributed by atoms with E-state index >= 15 is 0 Å². The van der Waals surface area contributed by atoms with E-state index in [9.17, 15) is 19.3 Å². The fraction of sp³-hybridized carbons (Fsp3) is 0.0833. The van der Waals surface area contributed by atoms with Gasteiger partial charge in [-0.15, -0.1) is 10.2 Å². The van der Waals surface area contributed by atoms with E-state index in [-0.39, 0.29) is 28.6 Å². The highest BCUT2D eigenvalue weighted by Gasteiger charge is 2.17. The first-order valence-corrected chi connectivity index (χ1v) is 5.58. The lowest BCUT2D eigenvalue weighted by atomic mass is 10.2. The number of aromatic carboxylic acids is 1. The third-order valence-electron chi connectivity index (χ3n) is 2.52. The van der Waals surface area contributed by atoms with Crippen molar-refractivity contribution < 1.29 is 24.0 Å². The van der Waals surface area contributed by atoms with E-state index in [4.69, 9.17) is 9.84 Å². The van der Waals surface area contributed by atoms with Gasteiger partial charge in [0, 0.05) is 11.6 Å². The standard InChI is InChI=1S/C12H8FN3O5/c1-6-4-10(7(13)5-9(6)16(19)20)21-11-3-2-8(12(17)18)14-15-11/h2-5H,1H3,(H,17,18). The number of nitro benzene ring substituents is 1. The molecule has 0 aliphatic carbocycles. The Balaban J connectivity index is 2.29. The zero-order chi connectivity index (χ0) is 15.6. The minimum absolute atomic E-state index is 0.132. The molecule has 9 heteroatoms. The average molecular weight is 293 g/mol. The topological polar surface area (TPSA) is 115 Å². The lowest BCUT2D eigenvalue weighted by molar-refractivity contribution is -0.385. The van der Waals surface area contributed by atoms with Crippen molar-refractivity contribution in [1.29, 1.82) is 0 Å². The van der Waals surface area contributed by atoms with Gasteiger partial charge in [-0.2, -0.15) is 0 Å². The van der Waals surface area contributed by atoms with Gasteiger partial charge in [-0.05, 0) is 19.1 Å². The number of halogens is 1. The molecule has 108 valence electrons. The summed E-state index contributed by atoms with van der Waals surface area (Å²) in [5.41, 5.74) is -0.443. The molecule has 0 unspecified atom stereocenters. The minimum Gasteiger partial charge on any atom is -0.476 e. The van der Waals surface area contributed by atoms with Crippen molar-refractivity contribution in [1.82, 2.24) is 10.2 Å². The molecule has 0 aliphatic rings. The maximum atomic E-state index is 13.7. The summed E-state index contributed by atoms with van der Waals surface area (Å²) < 4.78 is 18.8. The zero-order valence-electron chi connectivity index (χ0n) is 10.6. The number of rotatable bonds is 4. The van der Waals surface area contributed by atoms with Crippen LogP contribution in [0, 0.1) is 22.9 Å². The number of hydrogen-bond acceptors (Lipinski definition) is 6. The van der Waals surface area contributed by atoms with Gasteiger partial charge >= 0.3 is 5.97 Å². The maximum Gasteiger partial charge on any atom is 0.356 e. The fourth-order valence-electron chi connectivity index (χ4n) is 1.52. The number of carboxylic acid groups (broad SMARTS) is 1. The Kier molecular flexibility index (Phi) is 3.74. The van der Waals surface area contributed by atoms with Crippen LogP contribution in [0.25, 0.3) is 0 Å². The number of hydrogen-bond donors (Lipinski definition) is 1. The van der Waals surface area contributed by atoms with E-state index in [1.165, 1.54) is 13.0 Å².